The SMILES string of the molecule is COc1ccc(-c2cc(-c3ccncc3)[nH]c(=S)c2C#N)cc1. The Labute approximate surface area is 139 Å². The van der Waals surface area contributed by atoms with Crippen LogP contribution in [0.2, 0.25) is 0 Å². The number of pyridine rings is 2. The second kappa shape index (κ2) is 6.42. The lowest BCUT2D eigenvalue weighted by Crippen LogP contribution is -1.93. The van der Waals surface area contributed by atoms with Gasteiger partial charge in [0.25, 0.3) is 0 Å². The van der Waals surface area contributed by atoms with Gasteiger partial charge < -0.3 is 9.72 Å². The van der Waals surface area contributed by atoms with Gasteiger partial charge in [-0.2, -0.15) is 5.26 Å². The lowest BCUT2D eigenvalue weighted by molar-refractivity contribution is 0.415. The number of hydrogen-bond donors (Lipinski definition) is 1. The van der Waals surface area contributed by atoms with E-state index in [1.165, 1.54) is 0 Å². The number of aromatic amines is 1. The van der Waals surface area contributed by atoms with Crippen molar-refractivity contribution in [1.82, 2.24) is 9.97 Å². The molecule has 0 aliphatic rings. The summed E-state index contributed by atoms with van der Waals surface area (Å²) in [6.45, 7) is 0. The highest BCUT2D eigenvalue weighted by atomic mass is 32.1. The molecule has 0 spiro atoms. The molecule has 1 N–H and O–H groups in total. The van der Waals surface area contributed by atoms with Gasteiger partial charge in [0.05, 0.1) is 12.7 Å². The standard InChI is InChI=1S/C18H13N3OS/c1-22-14-4-2-12(3-5-14)15-10-17(13-6-8-20-9-7-13)21-18(23)16(15)11-19/h2-10H,1H3,(H,21,23). The van der Waals surface area contributed by atoms with Crippen LogP contribution in [0.5, 0.6) is 5.75 Å². The summed E-state index contributed by atoms with van der Waals surface area (Å²) in [4.78, 5) is 7.14. The largest absolute Gasteiger partial charge is 0.497 e. The van der Waals surface area contributed by atoms with E-state index in [4.69, 9.17) is 17.0 Å². The van der Waals surface area contributed by atoms with E-state index in [-0.39, 0.29) is 0 Å². The molecule has 0 aliphatic carbocycles. The van der Waals surface area contributed by atoms with Crippen molar-refractivity contribution in [2.24, 2.45) is 0 Å². The maximum absolute atomic E-state index is 9.45. The van der Waals surface area contributed by atoms with Crippen molar-refractivity contribution < 1.29 is 4.74 Å². The van der Waals surface area contributed by atoms with Gasteiger partial charge in [0.1, 0.15) is 16.5 Å². The van der Waals surface area contributed by atoms with Crippen LogP contribution >= 0.6 is 12.2 Å². The Bertz CT molecular complexity index is 925. The molecule has 0 amide bonds. The first kappa shape index (κ1) is 14.9. The summed E-state index contributed by atoms with van der Waals surface area (Å²) in [6, 6.07) is 15.5. The fourth-order valence-corrected chi connectivity index (χ4v) is 2.62. The number of rotatable bonds is 3. The predicted molar refractivity (Wildman–Crippen MR) is 91.6 cm³/mol. The normalized spacial score (nSPS) is 10.1. The molecule has 0 atom stereocenters. The predicted octanol–water partition coefficient (Wildman–Crippen LogP) is 4.35. The Hall–Kier alpha value is -2.97. The average Bonchev–Trinajstić information content (AvgIpc) is 2.62. The third kappa shape index (κ3) is 2.98. The number of nitrogens with one attached hydrogen (secondary N) is 1. The molecule has 0 saturated heterocycles. The number of methoxy groups -OCH3 is 1. The van der Waals surface area contributed by atoms with Crippen LogP contribution in [0.4, 0.5) is 0 Å². The van der Waals surface area contributed by atoms with Crippen molar-refractivity contribution in [3.8, 4) is 34.2 Å². The van der Waals surface area contributed by atoms with Crippen molar-refractivity contribution >= 4 is 12.2 Å². The van der Waals surface area contributed by atoms with E-state index in [0.29, 0.717) is 10.2 Å². The Kier molecular flexibility index (Phi) is 4.18. The van der Waals surface area contributed by atoms with Crippen molar-refractivity contribution in [2.45, 2.75) is 0 Å². The Morgan fingerprint density at radius 3 is 2.39 bits per heavy atom. The van der Waals surface area contributed by atoms with Gasteiger partial charge in [-0.25, -0.2) is 0 Å². The zero-order valence-electron chi connectivity index (χ0n) is 12.4. The molecule has 23 heavy (non-hydrogen) atoms. The van der Waals surface area contributed by atoms with Crippen LogP contribution in [-0.4, -0.2) is 17.1 Å². The maximum atomic E-state index is 9.45. The van der Waals surface area contributed by atoms with E-state index in [1.807, 2.05) is 42.5 Å². The van der Waals surface area contributed by atoms with Crippen molar-refractivity contribution in [3.63, 3.8) is 0 Å². The Morgan fingerprint density at radius 2 is 1.78 bits per heavy atom. The fourth-order valence-electron chi connectivity index (χ4n) is 2.36. The van der Waals surface area contributed by atoms with Gasteiger partial charge in [0.2, 0.25) is 0 Å². The first-order valence-electron chi connectivity index (χ1n) is 6.95. The van der Waals surface area contributed by atoms with Gasteiger partial charge in [0.15, 0.2) is 0 Å². The highest BCUT2D eigenvalue weighted by molar-refractivity contribution is 7.71. The van der Waals surface area contributed by atoms with Gasteiger partial charge >= 0.3 is 0 Å². The van der Waals surface area contributed by atoms with Crippen LogP contribution in [0.3, 0.4) is 0 Å². The summed E-state index contributed by atoms with van der Waals surface area (Å²) in [5.74, 6) is 0.766. The molecular formula is C18H13N3OS. The molecule has 4 nitrogen and oxygen atoms in total. The highest BCUT2D eigenvalue weighted by Crippen LogP contribution is 2.29. The Balaban J connectivity index is 2.20. The maximum Gasteiger partial charge on any atom is 0.122 e. The summed E-state index contributed by atoms with van der Waals surface area (Å²) < 4.78 is 5.60. The number of aromatic nitrogens is 2. The summed E-state index contributed by atoms with van der Waals surface area (Å²) in [7, 11) is 1.62. The molecule has 0 bridgehead atoms. The second-order valence-electron chi connectivity index (χ2n) is 4.88. The molecule has 0 fully saturated rings. The lowest BCUT2D eigenvalue weighted by atomic mass is 9.99. The molecule has 2 heterocycles. The summed E-state index contributed by atoms with van der Waals surface area (Å²) in [5, 5.41) is 9.45. The van der Waals surface area contributed by atoms with Crippen molar-refractivity contribution in [1.29, 1.82) is 5.26 Å². The molecule has 0 radical (unpaired) electrons. The van der Waals surface area contributed by atoms with Crippen LogP contribution in [0.25, 0.3) is 22.4 Å². The molecule has 0 saturated carbocycles. The molecule has 1 aromatic carbocycles. The highest BCUT2D eigenvalue weighted by Gasteiger charge is 2.10. The van der Waals surface area contributed by atoms with E-state index in [2.05, 4.69) is 16.0 Å². The topological polar surface area (TPSA) is 61.7 Å². The lowest BCUT2D eigenvalue weighted by Gasteiger charge is -2.09. The number of nitrogens with zero attached hydrogens (tertiary/aromatic N) is 2. The van der Waals surface area contributed by atoms with Crippen molar-refractivity contribution in [3.05, 3.63) is 65.1 Å². The third-order valence-electron chi connectivity index (χ3n) is 3.54. The van der Waals surface area contributed by atoms with E-state index in [1.54, 1.807) is 19.5 Å². The van der Waals surface area contributed by atoms with Gasteiger partial charge in [-0.3, -0.25) is 4.98 Å². The third-order valence-corrected chi connectivity index (χ3v) is 3.84. The number of nitriles is 1. The molecule has 5 heteroatoms. The summed E-state index contributed by atoms with van der Waals surface area (Å²) >= 11 is 5.36. The van der Waals surface area contributed by atoms with Gasteiger partial charge in [-0.1, -0.05) is 24.4 Å². The number of hydrogen-bond acceptors (Lipinski definition) is 4. The van der Waals surface area contributed by atoms with Crippen LogP contribution in [0.15, 0.2) is 54.9 Å². The zero-order valence-corrected chi connectivity index (χ0v) is 13.2. The monoisotopic (exact) mass is 319 g/mol. The average molecular weight is 319 g/mol. The minimum Gasteiger partial charge on any atom is -0.497 e. The van der Waals surface area contributed by atoms with Gasteiger partial charge in [-0.15, -0.1) is 0 Å². The summed E-state index contributed by atoms with van der Waals surface area (Å²) in [6.07, 6.45) is 3.44. The van der Waals surface area contributed by atoms with E-state index in [9.17, 15) is 5.26 Å². The van der Waals surface area contributed by atoms with Gasteiger partial charge in [0, 0.05) is 29.2 Å². The number of ether oxygens (including phenoxy) is 1. The quantitative estimate of drug-likeness (QED) is 0.729. The molecule has 2 aromatic heterocycles. The van der Waals surface area contributed by atoms with Crippen LogP contribution < -0.4 is 4.74 Å². The molecule has 3 aromatic rings. The van der Waals surface area contributed by atoms with Crippen LogP contribution in [0, 0.1) is 16.0 Å². The number of benzene rings is 1. The molecule has 0 aliphatic heterocycles. The summed E-state index contributed by atoms with van der Waals surface area (Å²) in [5.41, 5.74) is 3.99. The van der Waals surface area contributed by atoms with Crippen molar-refractivity contribution in [2.75, 3.05) is 7.11 Å². The molecular weight excluding hydrogens is 306 g/mol. The minimum atomic E-state index is 0.424. The smallest absolute Gasteiger partial charge is 0.122 e. The Morgan fingerprint density at radius 1 is 1.09 bits per heavy atom. The van der Waals surface area contributed by atoms with Crippen LogP contribution in [0.1, 0.15) is 5.56 Å². The van der Waals surface area contributed by atoms with E-state index >= 15 is 0 Å². The first-order valence-corrected chi connectivity index (χ1v) is 7.36. The van der Waals surface area contributed by atoms with Crippen LogP contribution in [-0.2, 0) is 0 Å². The molecule has 112 valence electrons. The first-order chi connectivity index (χ1) is 11.2. The van der Waals surface area contributed by atoms with E-state index in [0.717, 1.165) is 28.1 Å². The fraction of sp³-hybridized carbons (Fsp3) is 0.0556. The zero-order chi connectivity index (χ0) is 16.2. The second-order valence-corrected chi connectivity index (χ2v) is 5.29. The van der Waals surface area contributed by atoms with E-state index < -0.39 is 0 Å². The molecule has 3 rings (SSSR count). The minimum absolute atomic E-state index is 0.424. The van der Waals surface area contributed by atoms with Gasteiger partial charge in [-0.05, 0) is 35.9 Å². The molecule has 0 unspecified atom stereocenters. The number of H-pyrrole nitrogens is 1.